The molecule has 0 bridgehead atoms. The molecule has 2 aromatic rings. The fraction of sp³-hybridized carbons (Fsp3) is 0.462. The molecule has 0 spiro atoms. The first-order valence-electron chi connectivity index (χ1n) is 5.96. The fourth-order valence-corrected chi connectivity index (χ4v) is 1.94. The normalized spacial score (nSPS) is 13.1. The van der Waals surface area contributed by atoms with Crippen molar-refractivity contribution < 1.29 is 0 Å². The number of hydrogen-bond acceptors (Lipinski definition) is 2. The maximum absolute atomic E-state index is 4.32. The molecule has 0 amide bonds. The van der Waals surface area contributed by atoms with Gasteiger partial charge in [0.15, 0.2) is 0 Å². The van der Waals surface area contributed by atoms with Crippen LogP contribution < -0.4 is 5.32 Å². The lowest BCUT2D eigenvalue weighted by Gasteiger charge is -2.11. The standard InChI is InChI=1S/C13H19N3/c1-3-6-11(2)14-9-12-10-15-16-8-5-4-7-13(12)16/h4-5,7-8,10-11,14H,3,6,9H2,1-2H3. The summed E-state index contributed by atoms with van der Waals surface area (Å²) >= 11 is 0. The van der Waals surface area contributed by atoms with Crippen molar-refractivity contribution in [3.63, 3.8) is 0 Å². The lowest BCUT2D eigenvalue weighted by molar-refractivity contribution is 0.509. The Hall–Kier alpha value is -1.35. The van der Waals surface area contributed by atoms with Crippen LogP contribution in [0.4, 0.5) is 0 Å². The Morgan fingerprint density at radius 1 is 1.44 bits per heavy atom. The van der Waals surface area contributed by atoms with E-state index in [4.69, 9.17) is 0 Å². The Balaban J connectivity index is 2.04. The molecule has 1 unspecified atom stereocenters. The van der Waals surface area contributed by atoms with E-state index in [1.807, 2.05) is 23.0 Å². The second-order valence-electron chi connectivity index (χ2n) is 4.27. The molecule has 0 saturated carbocycles. The average molecular weight is 217 g/mol. The smallest absolute Gasteiger partial charge is 0.0706 e. The number of pyridine rings is 1. The molecule has 1 atom stereocenters. The van der Waals surface area contributed by atoms with Crippen molar-refractivity contribution in [3.8, 4) is 0 Å². The number of fused-ring (bicyclic) bond motifs is 1. The minimum absolute atomic E-state index is 0.573. The van der Waals surface area contributed by atoms with Crippen molar-refractivity contribution in [1.29, 1.82) is 0 Å². The summed E-state index contributed by atoms with van der Waals surface area (Å²) in [6.07, 6.45) is 6.37. The van der Waals surface area contributed by atoms with E-state index in [-0.39, 0.29) is 0 Å². The third-order valence-electron chi connectivity index (χ3n) is 2.87. The highest BCUT2D eigenvalue weighted by molar-refractivity contribution is 5.53. The second-order valence-corrected chi connectivity index (χ2v) is 4.27. The Kier molecular flexibility index (Phi) is 3.57. The van der Waals surface area contributed by atoms with Crippen LogP contribution in [0.1, 0.15) is 32.3 Å². The maximum Gasteiger partial charge on any atom is 0.0706 e. The predicted octanol–water partition coefficient (Wildman–Crippen LogP) is 2.61. The number of nitrogens with one attached hydrogen (secondary N) is 1. The molecule has 16 heavy (non-hydrogen) atoms. The van der Waals surface area contributed by atoms with E-state index in [1.165, 1.54) is 23.9 Å². The maximum atomic E-state index is 4.32. The van der Waals surface area contributed by atoms with Gasteiger partial charge in [-0.1, -0.05) is 19.4 Å². The minimum atomic E-state index is 0.573. The summed E-state index contributed by atoms with van der Waals surface area (Å²) in [4.78, 5) is 0. The zero-order chi connectivity index (χ0) is 11.4. The van der Waals surface area contributed by atoms with Gasteiger partial charge in [0.1, 0.15) is 0 Å². The SMILES string of the molecule is CCCC(C)NCc1cnn2ccccc12. The minimum Gasteiger partial charge on any atom is -0.310 e. The summed E-state index contributed by atoms with van der Waals surface area (Å²) in [6.45, 7) is 5.34. The molecule has 3 nitrogen and oxygen atoms in total. The van der Waals surface area contributed by atoms with E-state index in [2.05, 4.69) is 36.4 Å². The van der Waals surface area contributed by atoms with Crippen LogP contribution in [-0.4, -0.2) is 15.7 Å². The van der Waals surface area contributed by atoms with Crippen molar-refractivity contribution >= 4 is 5.52 Å². The summed E-state index contributed by atoms with van der Waals surface area (Å²) in [5, 5.41) is 7.84. The van der Waals surface area contributed by atoms with Crippen molar-refractivity contribution in [1.82, 2.24) is 14.9 Å². The van der Waals surface area contributed by atoms with Crippen LogP contribution in [0.3, 0.4) is 0 Å². The van der Waals surface area contributed by atoms with Gasteiger partial charge in [-0.15, -0.1) is 0 Å². The van der Waals surface area contributed by atoms with Crippen molar-refractivity contribution in [3.05, 3.63) is 36.2 Å². The van der Waals surface area contributed by atoms with Crippen LogP contribution in [0.25, 0.3) is 5.52 Å². The van der Waals surface area contributed by atoms with Gasteiger partial charge in [-0.2, -0.15) is 5.10 Å². The summed E-state index contributed by atoms with van der Waals surface area (Å²) in [7, 11) is 0. The molecule has 2 aromatic heterocycles. The zero-order valence-corrected chi connectivity index (χ0v) is 9.98. The molecule has 0 aliphatic rings. The molecule has 3 heteroatoms. The molecule has 0 radical (unpaired) electrons. The Labute approximate surface area is 96.5 Å². The van der Waals surface area contributed by atoms with Gasteiger partial charge < -0.3 is 5.32 Å². The fourth-order valence-electron chi connectivity index (χ4n) is 1.94. The molecule has 86 valence electrons. The van der Waals surface area contributed by atoms with Crippen LogP contribution in [0.15, 0.2) is 30.6 Å². The van der Waals surface area contributed by atoms with Gasteiger partial charge in [0.2, 0.25) is 0 Å². The molecule has 0 fully saturated rings. The lowest BCUT2D eigenvalue weighted by atomic mass is 10.2. The van der Waals surface area contributed by atoms with E-state index in [1.54, 1.807) is 0 Å². The molecule has 0 aromatic carbocycles. The van der Waals surface area contributed by atoms with E-state index < -0.39 is 0 Å². The summed E-state index contributed by atoms with van der Waals surface area (Å²) in [5.74, 6) is 0. The predicted molar refractivity (Wildman–Crippen MR) is 66.4 cm³/mol. The van der Waals surface area contributed by atoms with Crippen LogP contribution in [0.5, 0.6) is 0 Å². The molecular weight excluding hydrogens is 198 g/mol. The van der Waals surface area contributed by atoms with E-state index in [0.29, 0.717) is 6.04 Å². The first kappa shape index (κ1) is 11.1. The van der Waals surface area contributed by atoms with Crippen LogP contribution in [-0.2, 0) is 6.54 Å². The van der Waals surface area contributed by atoms with Gasteiger partial charge in [-0.25, -0.2) is 4.52 Å². The zero-order valence-electron chi connectivity index (χ0n) is 9.98. The largest absolute Gasteiger partial charge is 0.310 e. The Morgan fingerprint density at radius 2 is 2.31 bits per heavy atom. The number of rotatable bonds is 5. The summed E-state index contributed by atoms with van der Waals surface area (Å²) in [6, 6.07) is 6.73. The van der Waals surface area contributed by atoms with Crippen LogP contribution >= 0.6 is 0 Å². The molecule has 0 aliphatic heterocycles. The average Bonchev–Trinajstić information content (AvgIpc) is 2.70. The van der Waals surface area contributed by atoms with Gasteiger partial charge in [0.05, 0.1) is 11.7 Å². The third kappa shape index (κ3) is 2.42. The van der Waals surface area contributed by atoms with Crippen LogP contribution in [0.2, 0.25) is 0 Å². The van der Waals surface area contributed by atoms with E-state index >= 15 is 0 Å². The molecule has 2 heterocycles. The third-order valence-corrected chi connectivity index (χ3v) is 2.87. The summed E-state index contributed by atoms with van der Waals surface area (Å²) < 4.78 is 1.92. The topological polar surface area (TPSA) is 29.3 Å². The van der Waals surface area contributed by atoms with Crippen molar-refractivity contribution in [2.24, 2.45) is 0 Å². The van der Waals surface area contributed by atoms with Gasteiger partial charge in [-0.3, -0.25) is 0 Å². The second kappa shape index (κ2) is 5.12. The molecule has 1 N–H and O–H groups in total. The van der Waals surface area contributed by atoms with Crippen LogP contribution in [0, 0.1) is 0 Å². The van der Waals surface area contributed by atoms with Gasteiger partial charge in [0.25, 0.3) is 0 Å². The monoisotopic (exact) mass is 217 g/mol. The summed E-state index contributed by atoms with van der Waals surface area (Å²) in [5.41, 5.74) is 2.46. The molecule has 2 rings (SSSR count). The van der Waals surface area contributed by atoms with Gasteiger partial charge in [-0.05, 0) is 25.5 Å². The Bertz CT molecular complexity index is 447. The van der Waals surface area contributed by atoms with Gasteiger partial charge >= 0.3 is 0 Å². The van der Waals surface area contributed by atoms with Crippen molar-refractivity contribution in [2.75, 3.05) is 0 Å². The lowest BCUT2D eigenvalue weighted by Crippen LogP contribution is -2.24. The Morgan fingerprint density at radius 3 is 3.12 bits per heavy atom. The van der Waals surface area contributed by atoms with E-state index in [9.17, 15) is 0 Å². The highest BCUT2D eigenvalue weighted by Gasteiger charge is 2.04. The first-order valence-corrected chi connectivity index (χ1v) is 5.96. The van der Waals surface area contributed by atoms with E-state index in [0.717, 1.165) is 6.54 Å². The van der Waals surface area contributed by atoms with Gasteiger partial charge in [0, 0.05) is 24.3 Å². The molecular formula is C13H19N3. The van der Waals surface area contributed by atoms with Crippen molar-refractivity contribution in [2.45, 2.75) is 39.3 Å². The first-order chi connectivity index (χ1) is 7.81. The highest BCUT2D eigenvalue weighted by Crippen LogP contribution is 2.10. The molecule has 0 saturated heterocycles. The number of hydrogen-bond donors (Lipinski definition) is 1. The highest BCUT2D eigenvalue weighted by atomic mass is 15.2. The molecule has 0 aliphatic carbocycles. The number of aromatic nitrogens is 2. The quantitative estimate of drug-likeness (QED) is 0.834. The number of nitrogens with zero attached hydrogens (tertiary/aromatic N) is 2.